The zero-order valence-corrected chi connectivity index (χ0v) is 13.4. The van der Waals surface area contributed by atoms with Crippen molar-refractivity contribution in [2.24, 2.45) is 5.92 Å². The smallest absolute Gasteiger partial charge is 0.221 e. The van der Waals surface area contributed by atoms with Gasteiger partial charge < -0.3 is 10.1 Å². The standard InChI is InChI=1S/C13H26N2O4S/c1-11(2)10-15(20(3,17)18)7-6-13(16)14-9-12-5-4-8-19-12/h11-12H,4-10H2,1-3H3,(H,14,16). The van der Waals surface area contributed by atoms with Crippen LogP contribution in [0.25, 0.3) is 0 Å². The fraction of sp³-hybridized carbons (Fsp3) is 0.923. The molecule has 1 unspecified atom stereocenters. The molecule has 0 spiro atoms. The van der Waals surface area contributed by atoms with Crippen molar-refractivity contribution in [3.8, 4) is 0 Å². The summed E-state index contributed by atoms with van der Waals surface area (Å²) in [6.45, 7) is 5.86. The highest BCUT2D eigenvalue weighted by atomic mass is 32.2. The van der Waals surface area contributed by atoms with Crippen LogP contribution in [0.5, 0.6) is 0 Å². The molecule has 0 bridgehead atoms. The molecule has 1 aliphatic heterocycles. The molecule has 118 valence electrons. The molecule has 0 radical (unpaired) electrons. The molecule has 7 heteroatoms. The predicted octanol–water partition coefficient (Wildman–Crippen LogP) is 0.589. The third-order valence-electron chi connectivity index (χ3n) is 3.18. The van der Waals surface area contributed by atoms with Gasteiger partial charge in [-0.1, -0.05) is 13.8 Å². The second-order valence-electron chi connectivity index (χ2n) is 5.70. The Kier molecular flexibility index (Phi) is 6.91. The Bertz CT molecular complexity index is 403. The molecule has 0 aromatic rings. The maximum absolute atomic E-state index is 11.7. The Morgan fingerprint density at radius 3 is 2.65 bits per heavy atom. The van der Waals surface area contributed by atoms with E-state index in [1.54, 1.807) is 0 Å². The largest absolute Gasteiger partial charge is 0.376 e. The SMILES string of the molecule is CC(C)CN(CCC(=O)NCC1CCCO1)S(C)(=O)=O. The summed E-state index contributed by atoms with van der Waals surface area (Å²) in [5.74, 6) is 0.109. The predicted molar refractivity (Wildman–Crippen MR) is 77.9 cm³/mol. The van der Waals surface area contributed by atoms with E-state index in [1.807, 2.05) is 13.8 Å². The number of hydrogen-bond acceptors (Lipinski definition) is 4. The zero-order chi connectivity index (χ0) is 15.2. The van der Waals surface area contributed by atoms with Crippen molar-refractivity contribution < 1.29 is 17.9 Å². The molecule has 1 saturated heterocycles. The van der Waals surface area contributed by atoms with Gasteiger partial charge in [0.2, 0.25) is 15.9 Å². The van der Waals surface area contributed by atoms with Gasteiger partial charge in [0.05, 0.1) is 12.4 Å². The Balaban J connectivity index is 2.32. The Morgan fingerprint density at radius 1 is 1.45 bits per heavy atom. The highest BCUT2D eigenvalue weighted by molar-refractivity contribution is 7.88. The van der Waals surface area contributed by atoms with Crippen LogP contribution in [0.1, 0.15) is 33.1 Å². The van der Waals surface area contributed by atoms with E-state index in [2.05, 4.69) is 5.32 Å². The lowest BCUT2D eigenvalue weighted by Crippen LogP contribution is -2.38. The van der Waals surface area contributed by atoms with Crippen LogP contribution in [-0.2, 0) is 19.6 Å². The van der Waals surface area contributed by atoms with Crippen LogP contribution in [0.3, 0.4) is 0 Å². The minimum atomic E-state index is -3.26. The van der Waals surface area contributed by atoms with Gasteiger partial charge in [0.25, 0.3) is 0 Å². The van der Waals surface area contributed by atoms with Crippen LogP contribution in [0.2, 0.25) is 0 Å². The van der Waals surface area contributed by atoms with Crippen LogP contribution in [0, 0.1) is 5.92 Å². The number of carbonyl (C=O) groups excluding carboxylic acids is 1. The number of rotatable bonds is 8. The molecule has 6 nitrogen and oxygen atoms in total. The summed E-state index contributed by atoms with van der Waals surface area (Å²) in [7, 11) is -3.26. The summed E-state index contributed by atoms with van der Waals surface area (Å²) in [5.41, 5.74) is 0. The van der Waals surface area contributed by atoms with E-state index in [0.717, 1.165) is 19.4 Å². The fourth-order valence-electron chi connectivity index (χ4n) is 2.15. The Labute approximate surface area is 121 Å². The number of hydrogen-bond donors (Lipinski definition) is 1. The lowest BCUT2D eigenvalue weighted by atomic mass is 10.2. The van der Waals surface area contributed by atoms with Gasteiger partial charge in [-0.25, -0.2) is 12.7 Å². The summed E-state index contributed by atoms with van der Waals surface area (Å²) in [6, 6.07) is 0. The van der Waals surface area contributed by atoms with Gasteiger partial charge in [-0.2, -0.15) is 0 Å². The van der Waals surface area contributed by atoms with Crippen molar-refractivity contribution in [2.45, 2.75) is 39.2 Å². The second-order valence-corrected chi connectivity index (χ2v) is 7.69. The van der Waals surface area contributed by atoms with Crippen molar-refractivity contribution in [2.75, 3.05) is 32.5 Å². The molecule has 0 aromatic carbocycles. The van der Waals surface area contributed by atoms with Crippen LogP contribution in [0.4, 0.5) is 0 Å². The molecule has 1 aliphatic rings. The number of sulfonamides is 1. The van der Waals surface area contributed by atoms with Crippen LogP contribution >= 0.6 is 0 Å². The van der Waals surface area contributed by atoms with Crippen LogP contribution < -0.4 is 5.32 Å². The van der Waals surface area contributed by atoms with E-state index in [9.17, 15) is 13.2 Å². The fourth-order valence-corrected chi connectivity index (χ4v) is 3.14. The zero-order valence-electron chi connectivity index (χ0n) is 12.6. The van der Waals surface area contributed by atoms with Gasteiger partial charge in [-0.15, -0.1) is 0 Å². The van der Waals surface area contributed by atoms with E-state index in [4.69, 9.17) is 4.74 Å². The molecule has 0 saturated carbocycles. The first-order valence-electron chi connectivity index (χ1n) is 7.12. The lowest BCUT2D eigenvalue weighted by molar-refractivity contribution is -0.121. The summed E-state index contributed by atoms with van der Waals surface area (Å²) in [4.78, 5) is 11.7. The molecule has 1 atom stereocenters. The third-order valence-corrected chi connectivity index (χ3v) is 4.45. The third kappa shape index (κ3) is 6.67. The van der Waals surface area contributed by atoms with Gasteiger partial charge in [0.15, 0.2) is 0 Å². The quantitative estimate of drug-likeness (QED) is 0.712. The molecule has 1 fully saturated rings. The Morgan fingerprint density at radius 2 is 2.15 bits per heavy atom. The first kappa shape index (κ1) is 17.4. The first-order chi connectivity index (χ1) is 9.29. The minimum absolute atomic E-state index is 0.112. The van der Waals surface area contributed by atoms with Gasteiger partial charge in [-0.3, -0.25) is 4.79 Å². The van der Waals surface area contributed by atoms with E-state index in [0.29, 0.717) is 13.1 Å². The maximum atomic E-state index is 11.7. The van der Waals surface area contributed by atoms with Gasteiger partial charge in [-0.05, 0) is 18.8 Å². The number of nitrogens with zero attached hydrogens (tertiary/aromatic N) is 1. The van der Waals surface area contributed by atoms with E-state index < -0.39 is 10.0 Å². The molecule has 1 amide bonds. The van der Waals surface area contributed by atoms with E-state index in [-0.39, 0.29) is 30.9 Å². The highest BCUT2D eigenvalue weighted by Gasteiger charge is 2.20. The van der Waals surface area contributed by atoms with Crippen molar-refractivity contribution in [3.05, 3.63) is 0 Å². The van der Waals surface area contributed by atoms with Crippen molar-refractivity contribution >= 4 is 15.9 Å². The van der Waals surface area contributed by atoms with E-state index in [1.165, 1.54) is 10.6 Å². The summed E-state index contributed by atoms with van der Waals surface area (Å²) >= 11 is 0. The van der Waals surface area contributed by atoms with Gasteiger partial charge in [0, 0.05) is 32.7 Å². The molecule has 1 heterocycles. The normalized spacial score (nSPS) is 19.8. The summed E-state index contributed by atoms with van der Waals surface area (Å²) in [6.07, 6.45) is 3.49. The van der Waals surface area contributed by atoms with Crippen molar-refractivity contribution in [1.29, 1.82) is 0 Å². The molecular weight excluding hydrogens is 280 g/mol. The van der Waals surface area contributed by atoms with Crippen LogP contribution in [0.15, 0.2) is 0 Å². The van der Waals surface area contributed by atoms with E-state index >= 15 is 0 Å². The second kappa shape index (κ2) is 7.95. The van der Waals surface area contributed by atoms with Crippen LogP contribution in [-0.4, -0.2) is 57.2 Å². The molecule has 1 rings (SSSR count). The molecule has 20 heavy (non-hydrogen) atoms. The Hall–Kier alpha value is -0.660. The number of carbonyl (C=O) groups is 1. The van der Waals surface area contributed by atoms with Crippen molar-refractivity contribution in [1.82, 2.24) is 9.62 Å². The molecular formula is C13H26N2O4S. The first-order valence-corrected chi connectivity index (χ1v) is 8.97. The number of nitrogens with one attached hydrogen (secondary N) is 1. The molecule has 0 aromatic heterocycles. The average Bonchev–Trinajstić information content (AvgIpc) is 2.83. The topological polar surface area (TPSA) is 75.7 Å². The number of ether oxygens (including phenoxy) is 1. The van der Waals surface area contributed by atoms with Gasteiger partial charge in [0.1, 0.15) is 0 Å². The minimum Gasteiger partial charge on any atom is -0.376 e. The molecule has 1 N–H and O–H groups in total. The number of amides is 1. The maximum Gasteiger partial charge on any atom is 0.221 e. The molecule has 0 aliphatic carbocycles. The lowest BCUT2D eigenvalue weighted by Gasteiger charge is -2.21. The monoisotopic (exact) mass is 306 g/mol. The highest BCUT2D eigenvalue weighted by Crippen LogP contribution is 2.10. The van der Waals surface area contributed by atoms with Crippen molar-refractivity contribution in [3.63, 3.8) is 0 Å². The average molecular weight is 306 g/mol. The summed E-state index contributed by atoms with van der Waals surface area (Å²) < 4.78 is 30.0. The van der Waals surface area contributed by atoms with Gasteiger partial charge >= 0.3 is 0 Å². The summed E-state index contributed by atoms with van der Waals surface area (Å²) in [5, 5.41) is 2.80.